The predicted octanol–water partition coefficient (Wildman–Crippen LogP) is 9.45. The molecular formula is C30H56O3S2Si2. The quantitative estimate of drug-likeness (QED) is 0.228. The van der Waals surface area contributed by atoms with Crippen molar-refractivity contribution in [2.24, 2.45) is 11.8 Å². The van der Waals surface area contributed by atoms with Crippen LogP contribution in [0.5, 0.6) is 0 Å². The van der Waals surface area contributed by atoms with E-state index in [9.17, 15) is 0 Å². The zero-order valence-corrected chi connectivity index (χ0v) is 29.5. The number of hydrogen-bond acceptors (Lipinski definition) is 5. The lowest BCUT2D eigenvalue weighted by Gasteiger charge is -2.47. The molecular weight excluding hydrogens is 529 g/mol. The van der Waals surface area contributed by atoms with Gasteiger partial charge in [-0.25, -0.2) is 0 Å². The van der Waals surface area contributed by atoms with Crippen LogP contribution in [0.25, 0.3) is 0 Å². The Balaban J connectivity index is 2.36. The molecule has 4 atom stereocenters. The number of hydrogen-bond donors (Lipinski definition) is 0. The maximum absolute atomic E-state index is 7.32. The van der Waals surface area contributed by atoms with Crippen molar-refractivity contribution in [2.75, 3.05) is 18.1 Å². The molecule has 0 radical (unpaired) electrons. The first kappa shape index (κ1) is 33.4. The first-order valence-corrected chi connectivity index (χ1v) is 22.1. The van der Waals surface area contributed by atoms with Gasteiger partial charge in [-0.3, -0.25) is 0 Å². The molecule has 1 aromatic rings. The minimum absolute atomic E-state index is 0.000382. The Morgan fingerprint density at radius 1 is 0.838 bits per heavy atom. The van der Waals surface area contributed by atoms with E-state index < -0.39 is 16.6 Å². The Labute approximate surface area is 240 Å². The van der Waals surface area contributed by atoms with Crippen molar-refractivity contribution in [3.63, 3.8) is 0 Å². The van der Waals surface area contributed by atoms with Gasteiger partial charge in [-0.1, -0.05) is 85.7 Å². The van der Waals surface area contributed by atoms with Crippen LogP contribution < -0.4 is 0 Å². The van der Waals surface area contributed by atoms with E-state index in [-0.39, 0.29) is 28.2 Å². The third-order valence-electron chi connectivity index (χ3n) is 8.79. The van der Waals surface area contributed by atoms with Crippen LogP contribution in [0, 0.1) is 11.8 Å². The van der Waals surface area contributed by atoms with Gasteiger partial charge in [0.1, 0.15) is 0 Å². The molecule has 0 aliphatic carbocycles. The van der Waals surface area contributed by atoms with Crippen molar-refractivity contribution < 1.29 is 13.6 Å². The standard InChI is InChI=1S/C30H56O3S2Si2/c1-23(27(33-37(11,12)30(6,7)8)24(2)28-34-19-16-20-35-28)26(32-36(9,10)29(3,4)5)22-31-21-25-17-14-13-15-18-25/h13-15,17-18,23-24,26-28H,16,19-22H2,1-12H3/t23-,24+,26+,27-/m1/s1. The maximum atomic E-state index is 7.32. The summed E-state index contributed by atoms with van der Waals surface area (Å²) in [7, 11) is -4.00. The predicted molar refractivity (Wildman–Crippen MR) is 172 cm³/mol. The van der Waals surface area contributed by atoms with E-state index in [0.717, 1.165) is 0 Å². The molecule has 0 unspecified atom stereocenters. The fourth-order valence-electron chi connectivity index (χ4n) is 4.10. The Hall–Kier alpha value is 0.234. The van der Waals surface area contributed by atoms with Gasteiger partial charge in [-0.2, -0.15) is 0 Å². The van der Waals surface area contributed by atoms with E-state index in [1.807, 2.05) is 0 Å². The van der Waals surface area contributed by atoms with Gasteiger partial charge in [0.2, 0.25) is 0 Å². The van der Waals surface area contributed by atoms with Crippen molar-refractivity contribution in [1.82, 2.24) is 0 Å². The van der Waals surface area contributed by atoms with Gasteiger partial charge >= 0.3 is 0 Å². The van der Waals surface area contributed by atoms with Crippen molar-refractivity contribution in [3.8, 4) is 0 Å². The Bertz CT molecular complexity index is 799. The molecule has 2 rings (SSSR count). The molecule has 1 heterocycles. The van der Waals surface area contributed by atoms with Gasteiger partial charge in [0, 0.05) is 11.8 Å². The third-order valence-corrected chi connectivity index (χ3v) is 21.1. The normalized spacial score (nSPS) is 19.9. The molecule has 1 aliphatic heterocycles. The summed E-state index contributed by atoms with van der Waals surface area (Å²) in [6, 6.07) is 10.5. The zero-order valence-electron chi connectivity index (χ0n) is 25.9. The first-order chi connectivity index (χ1) is 17.0. The third kappa shape index (κ3) is 9.68. The molecule has 37 heavy (non-hydrogen) atoms. The molecule has 0 aromatic heterocycles. The zero-order chi connectivity index (χ0) is 28.1. The van der Waals surface area contributed by atoms with Gasteiger partial charge in [-0.05, 0) is 59.8 Å². The Morgan fingerprint density at radius 3 is 1.86 bits per heavy atom. The summed E-state index contributed by atoms with van der Waals surface area (Å²) >= 11 is 4.26. The summed E-state index contributed by atoms with van der Waals surface area (Å²) in [4.78, 5) is 0. The SMILES string of the molecule is C[C@@H]([C@@H](O[Si](C)(C)C(C)(C)C)[C@H](C)C1SCCCS1)[C@H](COCc1ccccc1)O[Si](C)(C)C(C)(C)C. The summed E-state index contributed by atoms with van der Waals surface area (Å²) in [6.07, 6.45) is 1.45. The summed E-state index contributed by atoms with van der Waals surface area (Å²) in [5.74, 6) is 3.19. The van der Waals surface area contributed by atoms with Gasteiger partial charge in [0.05, 0.1) is 30.0 Å². The first-order valence-electron chi connectivity index (χ1n) is 14.2. The van der Waals surface area contributed by atoms with E-state index in [4.69, 9.17) is 13.6 Å². The van der Waals surface area contributed by atoms with E-state index >= 15 is 0 Å². The highest BCUT2D eigenvalue weighted by Gasteiger charge is 2.46. The van der Waals surface area contributed by atoms with Crippen molar-refractivity contribution in [2.45, 2.75) is 121 Å². The molecule has 0 N–H and O–H groups in total. The second kappa shape index (κ2) is 13.7. The van der Waals surface area contributed by atoms with E-state index in [2.05, 4.69) is 135 Å². The summed E-state index contributed by atoms with van der Waals surface area (Å²) in [6.45, 7) is 29.6. The fourth-order valence-corrected chi connectivity index (χ4v) is 10.1. The molecule has 214 valence electrons. The smallest absolute Gasteiger partial charge is 0.192 e. The van der Waals surface area contributed by atoms with Crippen LogP contribution in [0.2, 0.25) is 36.3 Å². The summed E-state index contributed by atoms with van der Waals surface area (Å²) < 4.78 is 21.4. The van der Waals surface area contributed by atoms with Crippen LogP contribution in [0.15, 0.2) is 30.3 Å². The highest BCUT2D eigenvalue weighted by atomic mass is 32.2. The van der Waals surface area contributed by atoms with Gasteiger partial charge < -0.3 is 13.6 Å². The molecule has 0 saturated carbocycles. The van der Waals surface area contributed by atoms with Gasteiger partial charge in [0.15, 0.2) is 16.6 Å². The molecule has 1 aliphatic rings. The molecule has 1 fully saturated rings. The average molecular weight is 585 g/mol. The number of thioether (sulfide) groups is 2. The lowest BCUT2D eigenvalue weighted by Crippen LogP contribution is -2.54. The lowest BCUT2D eigenvalue weighted by atomic mass is 9.90. The minimum atomic E-state index is -2.01. The largest absolute Gasteiger partial charge is 0.413 e. The topological polar surface area (TPSA) is 27.7 Å². The number of rotatable bonds is 12. The minimum Gasteiger partial charge on any atom is -0.413 e. The second-order valence-electron chi connectivity index (χ2n) is 13.9. The summed E-state index contributed by atoms with van der Waals surface area (Å²) in [5.41, 5.74) is 1.21. The van der Waals surface area contributed by atoms with E-state index in [0.29, 0.717) is 23.7 Å². The number of ether oxygens (including phenoxy) is 1. The monoisotopic (exact) mass is 584 g/mol. The molecule has 7 heteroatoms. The van der Waals surface area contributed by atoms with Gasteiger partial charge in [0.25, 0.3) is 0 Å². The Morgan fingerprint density at radius 2 is 1.35 bits per heavy atom. The van der Waals surface area contributed by atoms with Crippen LogP contribution in [0.1, 0.15) is 67.4 Å². The van der Waals surface area contributed by atoms with E-state index in [1.165, 1.54) is 23.5 Å². The molecule has 1 saturated heterocycles. The maximum Gasteiger partial charge on any atom is 0.192 e. The molecule has 3 nitrogen and oxygen atoms in total. The van der Waals surface area contributed by atoms with Crippen molar-refractivity contribution >= 4 is 40.2 Å². The van der Waals surface area contributed by atoms with Crippen LogP contribution in [0.4, 0.5) is 0 Å². The second-order valence-corrected chi connectivity index (χ2v) is 26.3. The lowest BCUT2D eigenvalue weighted by molar-refractivity contribution is -0.0371. The average Bonchev–Trinajstić information content (AvgIpc) is 2.81. The molecule has 1 aromatic carbocycles. The van der Waals surface area contributed by atoms with Crippen molar-refractivity contribution in [3.05, 3.63) is 35.9 Å². The summed E-state index contributed by atoms with van der Waals surface area (Å²) in [5, 5.41) is 0.304. The van der Waals surface area contributed by atoms with E-state index in [1.54, 1.807) is 0 Å². The number of benzene rings is 1. The van der Waals surface area contributed by atoms with Crippen LogP contribution >= 0.6 is 23.5 Å². The highest BCUT2D eigenvalue weighted by Crippen LogP contribution is 2.45. The highest BCUT2D eigenvalue weighted by molar-refractivity contribution is 8.17. The van der Waals surface area contributed by atoms with Crippen LogP contribution in [-0.4, -0.2) is 51.5 Å². The van der Waals surface area contributed by atoms with Crippen LogP contribution in [-0.2, 0) is 20.2 Å². The van der Waals surface area contributed by atoms with Crippen LogP contribution in [0.3, 0.4) is 0 Å². The molecule has 0 amide bonds. The van der Waals surface area contributed by atoms with Gasteiger partial charge in [-0.15, -0.1) is 23.5 Å². The fraction of sp³-hybridized carbons (Fsp3) is 0.800. The Kier molecular flexibility index (Phi) is 12.4. The molecule has 0 spiro atoms. The van der Waals surface area contributed by atoms with Crippen molar-refractivity contribution in [1.29, 1.82) is 0 Å². The molecule has 0 bridgehead atoms.